The maximum Gasteiger partial charge on any atom is 0.0397 e. The summed E-state index contributed by atoms with van der Waals surface area (Å²) in [5.41, 5.74) is 9.19. The number of hydrogen-bond donors (Lipinski definition) is 3. The minimum atomic E-state index is 0.637. The van der Waals surface area contributed by atoms with Gasteiger partial charge < -0.3 is 16.4 Å². The van der Waals surface area contributed by atoms with Crippen LogP contribution in [0.3, 0.4) is 0 Å². The van der Waals surface area contributed by atoms with Crippen LogP contribution in [0.25, 0.3) is 0 Å². The number of fused-ring (bicyclic) bond motifs is 1. The van der Waals surface area contributed by atoms with Crippen molar-refractivity contribution in [1.82, 2.24) is 5.32 Å². The van der Waals surface area contributed by atoms with Crippen LogP contribution in [-0.2, 0) is 0 Å². The van der Waals surface area contributed by atoms with Gasteiger partial charge in [-0.1, -0.05) is 6.07 Å². The average molecular weight is 191 g/mol. The fraction of sp³-hybridized carbons (Fsp3) is 0.455. The molecule has 1 heterocycles. The van der Waals surface area contributed by atoms with Gasteiger partial charge in [-0.3, -0.25) is 0 Å². The third-order valence-corrected chi connectivity index (χ3v) is 2.80. The van der Waals surface area contributed by atoms with Gasteiger partial charge in [0.1, 0.15) is 0 Å². The van der Waals surface area contributed by atoms with Crippen molar-refractivity contribution in [2.75, 3.05) is 31.2 Å². The largest absolute Gasteiger partial charge is 0.399 e. The second kappa shape index (κ2) is 3.88. The van der Waals surface area contributed by atoms with Crippen LogP contribution in [0.15, 0.2) is 18.2 Å². The predicted molar refractivity (Wildman–Crippen MR) is 60.6 cm³/mol. The lowest BCUT2D eigenvalue weighted by atomic mass is 9.98. The average Bonchev–Trinajstić information content (AvgIpc) is 2.57. The summed E-state index contributed by atoms with van der Waals surface area (Å²) in [6.45, 7) is 2.11. The number of anilines is 2. The standard InChI is InChI=1S/C11H17N3/c1-13-5-4-8-7-14-11-6-9(12)2-3-10(8)11/h2-3,6,8,13-14H,4-5,7,12H2,1H3. The van der Waals surface area contributed by atoms with E-state index in [1.807, 2.05) is 19.2 Å². The zero-order chi connectivity index (χ0) is 9.97. The lowest BCUT2D eigenvalue weighted by molar-refractivity contribution is 0.634. The number of hydrogen-bond acceptors (Lipinski definition) is 3. The number of nitrogens with one attached hydrogen (secondary N) is 2. The molecule has 1 aromatic carbocycles. The highest BCUT2D eigenvalue weighted by Crippen LogP contribution is 2.34. The number of benzene rings is 1. The summed E-state index contributed by atoms with van der Waals surface area (Å²) in [4.78, 5) is 0. The monoisotopic (exact) mass is 191 g/mol. The maximum absolute atomic E-state index is 5.72. The van der Waals surface area contributed by atoms with Crippen molar-refractivity contribution in [2.45, 2.75) is 12.3 Å². The van der Waals surface area contributed by atoms with Gasteiger partial charge in [0.2, 0.25) is 0 Å². The van der Waals surface area contributed by atoms with Crippen LogP contribution in [0.5, 0.6) is 0 Å². The van der Waals surface area contributed by atoms with Crippen molar-refractivity contribution in [2.24, 2.45) is 0 Å². The maximum atomic E-state index is 5.72. The van der Waals surface area contributed by atoms with Gasteiger partial charge >= 0.3 is 0 Å². The van der Waals surface area contributed by atoms with E-state index in [4.69, 9.17) is 5.73 Å². The molecule has 1 aliphatic rings. The highest BCUT2D eigenvalue weighted by molar-refractivity contribution is 5.64. The van der Waals surface area contributed by atoms with Crippen LogP contribution in [-0.4, -0.2) is 20.1 Å². The summed E-state index contributed by atoms with van der Waals surface area (Å²) in [6, 6.07) is 6.15. The van der Waals surface area contributed by atoms with E-state index in [0.717, 1.165) is 18.8 Å². The highest BCUT2D eigenvalue weighted by Gasteiger charge is 2.21. The lowest BCUT2D eigenvalue weighted by Gasteiger charge is -2.09. The summed E-state index contributed by atoms with van der Waals surface area (Å²) < 4.78 is 0. The van der Waals surface area contributed by atoms with Crippen LogP contribution < -0.4 is 16.4 Å². The molecule has 1 aromatic rings. The molecule has 2 rings (SSSR count). The van der Waals surface area contributed by atoms with Gasteiger partial charge in [0.25, 0.3) is 0 Å². The Morgan fingerprint density at radius 3 is 3.21 bits per heavy atom. The SMILES string of the molecule is CNCCC1CNc2cc(N)ccc21. The Labute approximate surface area is 84.7 Å². The molecule has 14 heavy (non-hydrogen) atoms. The van der Waals surface area contributed by atoms with Gasteiger partial charge in [0.05, 0.1) is 0 Å². The van der Waals surface area contributed by atoms with E-state index in [1.54, 1.807) is 0 Å². The van der Waals surface area contributed by atoms with E-state index in [2.05, 4.69) is 16.7 Å². The van der Waals surface area contributed by atoms with Gasteiger partial charge in [0, 0.05) is 23.8 Å². The minimum absolute atomic E-state index is 0.637. The molecule has 0 aromatic heterocycles. The predicted octanol–water partition coefficient (Wildman–Crippen LogP) is 1.39. The summed E-state index contributed by atoms with van der Waals surface area (Å²) in [5.74, 6) is 0.637. The first-order valence-electron chi connectivity index (χ1n) is 5.09. The molecule has 0 saturated heterocycles. The Hall–Kier alpha value is -1.22. The number of nitrogens with two attached hydrogens (primary N) is 1. The topological polar surface area (TPSA) is 50.1 Å². The first kappa shape index (κ1) is 9.34. The molecule has 0 fully saturated rings. The number of rotatable bonds is 3. The third kappa shape index (κ3) is 1.68. The Bertz CT molecular complexity index is 322. The van der Waals surface area contributed by atoms with Crippen LogP contribution in [0.2, 0.25) is 0 Å². The second-order valence-corrected chi connectivity index (χ2v) is 3.82. The van der Waals surface area contributed by atoms with Crippen molar-refractivity contribution >= 4 is 11.4 Å². The molecule has 0 aliphatic carbocycles. The minimum Gasteiger partial charge on any atom is -0.399 e. The van der Waals surface area contributed by atoms with Gasteiger partial charge in [-0.05, 0) is 37.7 Å². The van der Waals surface area contributed by atoms with Gasteiger partial charge in [-0.2, -0.15) is 0 Å². The summed E-state index contributed by atoms with van der Waals surface area (Å²) in [7, 11) is 1.99. The molecular formula is C11H17N3. The zero-order valence-corrected chi connectivity index (χ0v) is 8.51. The normalized spacial score (nSPS) is 19.1. The molecule has 76 valence electrons. The van der Waals surface area contributed by atoms with Crippen molar-refractivity contribution in [3.63, 3.8) is 0 Å². The van der Waals surface area contributed by atoms with Crippen LogP contribution in [0.4, 0.5) is 11.4 Å². The Balaban J connectivity index is 2.14. The van der Waals surface area contributed by atoms with Gasteiger partial charge in [-0.25, -0.2) is 0 Å². The molecule has 0 amide bonds. The molecule has 1 aliphatic heterocycles. The molecule has 0 bridgehead atoms. The quantitative estimate of drug-likeness (QED) is 0.633. The van der Waals surface area contributed by atoms with Gasteiger partial charge in [-0.15, -0.1) is 0 Å². The molecule has 0 spiro atoms. The van der Waals surface area contributed by atoms with Crippen LogP contribution in [0, 0.1) is 0 Å². The van der Waals surface area contributed by atoms with Crippen molar-refractivity contribution in [3.05, 3.63) is 23.8 Å². The number of nitrogen functional groups attached to an aromatic ring is 1. The third-order valence-electron chi connectivity index (χ3n) is 2.80. The van der Waals surface area contributed by atoms with Crippen molar-refractivity contribution < 1.29 is 0 Å². The second-order valence-electron chi connectivity index (χ2n) is 3.82. The molecule has 3 heteroatoms. The molecule has 0 saturated carbocycles. The Morgan fingerprint density at radius 2 is 2.43 bits per heavy atom. The summed E-state index contributed by atoms with van der Waals surface area (Å²) in [6.07, 6.45) is 1.18. The van der Waals surface area contributed by atoms with E-state index in [0.29, 0.717) is 5.92 Å². The molecule has 0 radical (unpaired) electrons. The molecular weight excluding hydrogens is 174 g/mol. The van der Waals surface area contributed by atoms with Crippen molar-refractivity contribution in [1.29, 1.82) is 0 Å². The first-order valence-corrected chi connectivity index (χ1v) is 5.09. The van der Waals surface area contributed by atoms with E-state index in [-0.39, 0.29) is 0 Å². The van der Waals surface area contributed by atoms with E-state index in [1.165, 1.54) is 17.7 Å². The Kier molecular flexibility index (Phi) is 2.59. The van der Waals surface area contributed by atoms with Gasteiger partial charge in [0.15, 0.2) is 0 Å². The molecule has 1 unspecified atom stereocenters. The van der Waals surface area contributed by atoms with E-state index in [9.17, 15) is 0 Å². The first-order chi connectivity index (χ1) is 6.81. The Morgan fingerprint density at radius 1 is 1.57 bits per heavy atom. The van der Waals surface area contributed by atoms with E-state index >= 15 is 0 Å². The zero-order valence-electron chi connectivity index (χ0n) is 8.51. The summed E-state index contributed by atoms with van der Waals surface area (Å²) in [5, 5.41) is 6.58. The summed E-state index contributed by atoms with van der Waals surface area (Å²) >= 11 is 0. The molecule has 1 atom stereocenters. The fourth-order valence-corrected chi connectivity index (χ4v) is 2.00. The van der Waals surface area contributed by atoms with Crippen LogP contribution in [0.1, 0.15) is 17.9 Å². The fourth-order valence-electron chi connectivity index (χ4n) is 2.00. The van der Waals surface area contributed by atoms with Crippen LogP contribution >= 0.6 is 0 Å². The molecule has 4 N–H and O–H groups in total. The highest BCUT2D eigenvalue weighted by atomic mass is 14.9. The van der Waals surface area contributed by atoms with Crippen molar-refractivity contribution in [3.8, 4) is 0 Å². The molecule has 3 nitrogen and oxygen atoms in total. The smallest absolute Gasteiger partial charge is 0.0397 e. The lowest BCUT2D eigenvalue weighted by Crippen LogP contribution is -2.13. The van der Waals surface area contributed by atoms with E-state index < -0.39 is 0 Å².